The standard InChI is InChI=1S/C12H13FN2O4S/c1-9(7-14)19-12(16)8-15(2)20(17,18)11-5-3-10(13)4-6-11/h3-6,9H,8H2,1-2H3/t9-/m0/s1. The van der Waals surface area contributed by atoms with E-state index in [9.17, 15) is 17.6 Å². The number of hydrogen-bond acceptors (Lipinski definition) is 5. The normalized spacial score (nSPS) is 12.8. The van der Waals surface area contributed by atoms with Crippen molar-refractivity contribution in [1.82, 2.24) is 4.31 Å². The molecule has 1 aromatic rings. The van der Waals surface area contributed by atoms with E-state index in [4.69, 9.17) is 5.26 Å². The van der Waals surface area contributed by atoms with Gasteiger partial charge in [-0.2, -0.15) is 9.57 Å². The molecule has 0 spiro atoms. The van der Waals surface area contributed by atoms with Crippen LogP contribution in [0.25, 0.3) is 0 Å². The van der Waals surface area contributed by atoms with Crippen molar-refractivity contribution >= 4 is 16.0 Å². The largest absolute Gasteiger partial charge is 0.446 e. The molecule has 0 aliphatic heterocycles. The SMILES string of the molecule is C[C@@H](C#N)OC(=O)CN(C)S(=O)(=O)c1ccc(F)cc1. The van der Waals surface area contributed by atoms with E-state index in [-0.39, 0.29) is 4.90 Å². The molecule has 6 nitrogen and oxygen atoms in total. The van der Waals surface area contributed by atoms with Crippen LogP contribution in [0.4, 0.5) is 4.39 Å². The molecular formula is C12H13FN2O4S. The van der Waals surface area contributed by atoms with E-state index in [0.29, 0.717) is 0 Å². The minimum absolute atomic E-state index is 0.137. The van der Waals surface area contributed by atoms with Crippen LogP contribution in [0, 0.1) is 17.1 Å². The van der Waals surface area contributed by atoms with Crippen LogP contribution in [0.5, 0.6) is 0 Å². The lowest BCUT2D eigenvalue weighted by molar-refractivity contribution is -0.145. The van der Waals surface area contributed by atoms with E-state index < -0.39 is 34.5 Å². The van der Waals surface area contributed by atoms with Gasteiger partial charge in [-0.3, -0.25) is 4.79 Å². The summed E-state index contributed by atoms with van der Waals surface area (Å²) in [6, 6.07) is 5.92. The van der Waals surface area contributed by atoms with E-state index in [2.05, 4.69) is 4.74 Å². The number of halogens is 1. The monoisotopic (exact) mass is 300 g/mol. The smallest absolute Gasteiger partial charge is 0.322 e. The Bertz CT molecular complexity index is 622. The van der Waals surface area contributed by atoms with Gasteiger partial charge in [0.1, 0.15) is 18.4 Å². The highest BCUT2D eigenvalue weighted by atomic mass is 32.2. The second kappa shape index (κ2) is 6.45. The van der Waals surface area contributed by atoms with E-state index in [1.54, 1.807) is 6.07 Å². The lowest BCUT2D eigenvalue weighted by atomic mass is 10.4. The molecule has 20 heavy (non-hydrogen) atoms. The highest BCUT2D eigenvalue weighted by molar-refractivity contribution is 7.89. The third kappa shape index (κ3) is 4.01. The van der Waals surface area contributed by atoms with Crippen molar-refractivity contribution in [2.45, 2.75) is 17.9 Å². The molecule has 0 aliphatic rings. The number of likely N-dealkylation sites (N-methyl/N-ethyl adjacent to an activating group) is 1. The van der Waals surface area contributed by atoms with Crippen LogP contribution in [-0.2, 0) is 19.6 Å². The lowest BCUT2D eigenvalue weighted by Crippen LogP contribution is -2.34. The summed E-state index contributed by atoms with van der Waals surface area (Å²) in [5, 5.41) is 8.49. The zero-order valence-electron chi connectivity index (χ0n) is 10.9. The molecule has 1 atom stereocenters. The summed E-state index contributed by atoms with van der Waals surface area (Å²) in [6.45, 7) is 0.831. The van der Waals surface area contributed by atoms with Crippen molar-refractivity contribution in [2.75, 3.05) is 13.6 Å². The molecule has 0 aliphatic carbocycles. The van der Waals surface area contributed by atoms with Crippen molar-refractivity contribution in [3.8, 4) is 6.07 Å². The number of carbonyl (C=O) groups excluding carboxylic acids is 1. The minimum Gasteiger partial charge on any atom is -0.446 e. The second-order valence-electron chi connectivity index (χ2n) is 3.98. The molecule has 0 aromatic heterocycles. The Balaban J connectivity index is 2.80. The van der Waals surface area contributed by atoms with Gasteiger partial charge in [0.2, 0.25) is 10.0 Å². The Labute approximate surface area is 116 Å². The topological polar surface area (TPSA) is 87.5 Å². The third-order valence-electron chi connectivity index (χ3n) is 2.36. The summed E-state index contributed by atoms with van der Waals surface area (Å²) in [4.78, 5) is 11.3. The second-order valence-corrected chi connectivity index (χ2v) is 6.02. The average Bonchev–Trinajstić information content (AvgIpc) is 2.38. The van der Waals surface area contributed by atoms with Crippen LogP contribution in [-0.4, -0.2) is 38.4 Å². The number of ether oxygens (including phenoxy) is 1. The van der Waals surface area contributed by atoms with Crippen molar-refractivity contribution < 1.29 is 22.3 Å². The van der Waals surface area contributed by atoms with Gasteiger partial charge in [0.15, 0.2) is 6.10 Å². The summed E-state index contributed by atoms with van der Waals surface area (Å²) in [5.41, 5.74) is 0. The predicted octanol–water partition coefficient (Wildman–Crippen LogP) is 0.901. The lowest BCUT2D eigenvalue weighted by Gasteiger charge is -2.16. The molecule has 0 amide bonds. The highest BCUT2D eigenvalue weighted by Gasteiger charge is 2.24. The molecule has 0 saturated heterocycles. The zero-order chi connectivity index (χ0) is 15.3. The van der Waals surface area contributed by atoms with Crippen molar-refractivity contribution in [3.05, 3.63) is 30.1 Å². The summed E-state index contributed by atoms with van der Waals surface area (Å²) >= 11 is 0. The summed E-state index contributed by atoms with van der Waals surface area (Å²) < 4.78 is 42.3. The van der Waals surface area contributed by atoms with E-state index in [0.717, 1.165) is 28.6 Å². The molecule has 0 bridgehead atoms. The molecule has 1 aromatic carbocycles. The Kier molecular flexibility index (Phi) is 5.19. The Morgan fingerprint density at radius 1 is 1.45 bits per heavy atom. The predicted molar refractivity (Wildman–Crippen MR) is 67.4 cm³/mol. The van der Waals surface area contributed by atoms with Gasteiger partial charge >= 0.3 is 5.97 Å². The first-order valence-corrected chi connectivity index (χ1v) is 7.02. The molecule has 108 valence electrons. The van der Waals surface area contributed by atoms with Gasteiger partial charge in [0.25, 0.3) is 0 Å². The van der Waals surface area contributed by atoms with Gasteiger partial charge in [-0.15, -0.1) is 0 Å². The van der Waals surface area contributed by atoms with E-state index in [1.807, 2.05) is 0 Å². The van der Waals surface area contributed by atoms with Gasteiger partial charge in [-0.1, -0.05) is 0 Å². The van der Waals surface area contributed by atoms with Gasteiger partial charge in [0, 0.05) is 7.05 Å². The maximum atomic E-state index is 12.8. The quantitative estimate of drug-likeness (QED) is 0.754. The molecule has 0 fully saturated rings. The molecule has 0 saturated carbocycles. The molecule has 1 rings (SSSR count). The van der Waals surface area contributed by atoms with Crippen LogP contribution in [0.3, 0.4) is 0 Å². The molecule has 0 unspecified atom stereocenters. The number of nitrogens with zero attached hydrogens (tertiary/aromatic N) is 2. The Morgan fingerprint density at radius 3 is 2.50 bits per heavy atom. The van der Waals surface area contributed by atoms with Crippen molar-refractivity contribution in [1.29, 1.82) is 5.26 Å². The number of hydrogen-bond donors (Lipinski definition) is 0. The number of sulfonamides is 1. The first-order chi connectivity index (χ1) is 9.27. The first-order valence-electron chi connectivity index (χ1n) is 5.58. The fourth-order valence-electron chi connectivity index (χ4n) is 1.31. The van der Waals surface area contributed by atoms with Gasteiger partial charge in [-0.05, 0) is 31.2 Å². The van der Waals surface area contributed by atoms with Gasteiger partial charge in [0.05, 0.1) is 4.90 Å². The maximum absolute atomic E-state index is 12.8. The fraction of sp³-hybridized carbons (Fsp3) is 0.333. The number of nitriles is 1. The first kappa shape index (κ1) is 16.1. The summed E-state index contributed by atoms with van der Waals surface area (Å²) in [5.74, 6) is -1.40. The highest BCUT2D eigenvalue weighted by Crippen LogP contribution is 2.14. The third-order valence-corrected chi connectivity index (χ3v) is 4.18. The fourth-order valence-corrected chi connectivity index (χ4v) is 2.43. The molecule has 0 N–H and O–H groups in total. The van der Waals surface area contributed by atoms with E-state index >= 15 is 0 Å². The zero-order valence-corrected chi connectivity index (χ0v) is 11.7. The summed E-state index contributed by atoms with van der Waals surface area (Å²) in [7, 11) is -2.72. The van der Waals surface area contributed by atoms with Gasteiger partial charge < -0.3 is 4.74 Å². The van der Waals surface area contributed by atoms with E-state index in [1.165, 1.54) is 14.0 Å². The maximum Gasteiger partial charge on any atom is 0.322 e. The Morgan fingerprint density at radius 2 is 2.00 bits per heavy atom. The number of esters is 1. The van der Waals surface area contributed by atoms with Gasteiger partial charge in [-0.25, -0.2) is 12.8 Å². The molecule has 0 heterocycles. The van der Waals surface area contributed by atoms with Crippen LogP contribution in [0.15, 0.2) is 29.2 Å². The summed E-state index contributed by atoms with van der Waals surface area (Å²) in [6.07, 6.45) is -0.954. The van der Waals surface area contributed by atoms with Crippen LogP contribution in [0.2, 0.25) is 0 Å². The molecular weight excluding hydrogens is 287 g/mol. The molecule has 8 heteroatoms. The molecule has 0 radical (unpaired) electrons. The number of rotatable bonds is 5. The number of benzene rings is 1. The van der Waals surface area contributed by atoms with Crippen molar-refractivity contribution in [3.63, 3.8) is 0 Å². The van der Waals surface area contributed by atoms with Crippen LogP contribution < -0.4 is 0 Å². The van der Waals surface area contributed by atoms with Crippen molar-refractivity contribution in [2.24, 2.45) is 0 Å². The van der Waals surface area contributed by atoms with Crippen LogP contribution >= 0.6 is 0 Å². The average molecular weight is 300 g/mol. The number of carbonyl (C=O) groups is 1. The minimum atomic E-state index is -3.91. The van der Waals surface area contributed by atoms with Crippen LogP contribution in [0.1, 0.15) is 6.92 Å². The Hall–Kier alpha value is -1.98.